The van der Waals surface area contributed by atoms with Crippen LogP contribution in [-0.4, -0.2) is 25.9 Å². The second-order valence-electron chi connectivity index (χ2n) is 3.60. The third-order valence-electron chi connectivity index (χ3n) is 2.13. The zero-order valence-corrected chi connectivity index (χ0v) is 14.0. The predicted molar refractivity (Wildman–Crippen MR) is 82.6 cm³/mol. The Kier molecular flexibility index (Phi) is 5.27. The second-order valence-corrected chi connectivity index (χ2v) is 8.95. The van der Waals surface area contributed by atoms with Gasteiger partial charge in [0.25, 0.3) is 0 Å². The van der Waals surface area contributed by atoms with Crippen molar-refractivity contribution in [3.05, 3.63) is 27.5 Å². The van der Waals surface area contributed by atoms with Gasteiger partial charge in [-0.2, -0.15) is 0 Å². The summed E-state index contributed by atoms with van der Waals surface area (Å²) in [6.45, 7) is 0.0403. The number of thiazole rings is 1. The summed E-state index contributed by atoms with van der Waals surface area (Å²) in [5, 5.41) is 4.75. The molecule has 0 fully saturated rings. The third-order valence-corrected chi connectivity index (χ3v) is 6.38. The molecule has 0 saturated carbocycles. The predicted octanol–water partition coefficient (Wildman–Crippen LogP) is 2.27. The van der Waals surface area contributed by atoms with Crippen molar-refractivity contribution in [1.82, 2.24) is 9.71 Å². The first-order valence-corrected chi connectivity index (χ1v) is 9.39. The lowest BCUT2D eigenvalue weighted by molar-refractivity contribution is -0.116. The highest BCUT2D eigenvalue weighted by Gasteiger charge is 2.15. The molecule has 1 amide bonds. The molecule has 0 aliphatic carbocycles. The molecule has 0 atom stereocenters. The lowest BCUT2D eigenvalue weighted by atomic mass is 10.4. The summed E-state index contributed by atoms with van der Waals surface area (Å²) in [6.07, 6.45) is 1.63. The van der Waals surface area contributed by atoms with E-state index in [0.717, 1.165) is 15.1 Å². The summed E-state index contributed by atoms with van der Waals surface area (Å²) in [6, 6.07) is 3.17. The largest absolute Gasteiger partial charge is 0.302 e. The molecule has 0 spiro atoms. The van der Waals surface area contributed by atoms with Gasteiger partial charge in [0.15, 0.2) is 5.13 Å². The number of sulfonamides is 1. The monoisotopic (exact) mass is 395 g/mol. The zero-order valence-electron chi connectivity index (χ0n) is 10.00. The van der Waals surface area contributed by atoms with Gasteiger partial charge in [-0.1, -0.05) is 17.4 Å². The number of halogens is 1. The van der Waals surface area contributed by atoms with Crippen LogP contribution in [0, 0.1) is 0 Å². The molecule has 2 aromatic heterocycles. The average molecular weight is 396 g/mol. The van der Waals surface area contributed by atoms with E-state index >= 15 is 0 Å². The van der Waals surface area contributed by atoms with Gasteiger partial charge in [0.05, 0.1) is 9.98 Å². The Morgan fingerprint density at radius 3 is 2.85 bits per heavy atom. The Balaban J connectivity index is 1.80. The molecule has 0 radical (unpaired) electrons. The summed E-state index contributed by atoms with van der Waals surface area (Å²) < 4.78 is 27.0. The van der Waals surface area contributed by atoms with Crippen molar-refractivity contribution in [1.29, 1.82) is 0 Å². The van der Waals surface area contributed by atoms with Gasteiger partial charge in [-0.3, -0.25) is 4.79 Å². The van der Waals surface area contributed by atoms with Crippen molar-refractivity contribution >= 4 is 59.7 Å². The van der Waals surface area contributed by atoms with Crippen LogP contribution < -0.4 is 10.0 Å². The lowest BCUT2D eigenvalue weighted by Gasteiger charge is -2.04. The number of carbonyl (C=O) groups excluding carboxylic acids is 1. The van der Waals surface area contributed by atoms with Crippen LogP contribution >= 0.6 is 38.6 Å². The highest BCUT2D eigenvalue weighted by molar-refractivity contribution is 9.11. The van der Waals surface area contributed by atoms with Crippen LogP contribution in [0.4, 0.5) is 5.13 Å². The van der Waals surface area contributed by atoms with E-state index in [1.807, 2.05) is 0 Å². The molecule has 2 rings (SSSR count). The van der Waals surface area contributed by atoms with Crippen molar-refractivity contribution in [2.24, 2.45) is 0 Å². The van der Waals surface area contributed by atoms with E-state index in [4.69, 9.17) is 0 Å². The molecule has 2 heterocycles. The third kappa shape index (κ3) is 4.35. The van der Waals surface area contributed by atoms with Crippen molar-refractivity contribution in [3.8, 4) is 0 Å². The topological polar surface area (TPSA) is 88.2 Å². The quantitative estimate of drug-likeness (QED) is 0.784. The SMILES string of the molecule is O=C(CCNS(=O)(=O)c1cccs1)Nc1ncc(Br)s1. The number of rotatable bonds is 6. The maximum atomic E-state index is 11.8. The fraction of sp³-hybridized carbons (Fsp3) is 0.200. The first-order chi connectivity index (χ1) is 9.47. The van der Waals surface area contributed by atoms with Crippen LogP contribution in [0.5, 0.6) is 0 Å². The number of nitrogens with zero attached hydrogens (tertiary/aromatic N) is 1. The molecule has 0 saturated heterocycles. The molecular formula is C10H10BrN3O3S3. The minimum atomic E-state index is -3.51. The minimum Gasteiger partial charge on any atom is -0.302 e. The average Bonchev–Trinajstić information content (AvgIpc) is 3.00. The van der Waals surface area contributed by atoms with Gasteiger partial charge < -0.3 is 5.32 Å². The van der Waals surface area contributed by atoms with Crippen LogP contribution in [0.2, 0.25) is 0 Å². The Morgan fingerprint density at radius 1 is 1.45 bits per heavy atom. The van der Waals surface area contributed by atoms with E-state index in [0.29, 0.717) is 5.13 Å². The standard InChI is InChI=1S/C10H10BrN3O3S3/c11-7-6-12-10(19-7)14-8(15)3-4-13-20(16,17)9-2-1-5-18-9/h1-2,5-6,13H,3-4H2,(H,12,14,15). The molecule has 0 aromatic carbocycles. The zero-order chi connectivity index (χ0) is 14.6. The van der Waals surface area contributed by atoms with Crippen molar-refractivity contribution in [2.75, 3.05) is 11.9 Å². The van der Waals surface area contributed by atoms with Crippen LogP contribution in [-0.2, 0) is 14.8 Å². The molecule has 2 N–H and O–H groups in total. The summed E-state index contributed by atoms with van der Waals surface area (Å²) in [5.74, 6) is -0.291. The van der Waals surface area contributed by atoms with Crippen LogP contribution in [0.1, 0.15) is 6.42 Å². The van der Waals surface area contributed by atoms with E-state index in [1.54, 1.807) is 17.6 Å². The minimum absolute atomic E-state index is 0.0403. The highest BCUT2D eigenvalue weighted by Crippen LogP contribution is 2.23. The van der Waals surface area contributed by atoms with E-state index in [9.17, 15) is 13.2 Å². The molecule has 6 nitrogen and oxygen atoms in total. The van der Waals surface area contributed by atoms with Crippen LogP contribution in [0.15, 0.2) is 31.7 Å². The van der Waals surface area contributed by atoms with E-state index in [-0.39, 0.29) is 23.1 Å². The van der Waals surface area contributed by atoms with E-state index in [1.165, 1.54) is 17.4 Å². The van der Waals surface area contributed by atoms with Gasteiger partial charge in [-0.05, 0) is 27.4 Å². The fourth-order valence-electron chi connectivity index (χ4n) is 1.28. The number of aromatic nitrogens is 1. The number of amides is 1. The molecule has 0 aliphatic rings. The number of thiophene rings is 1. The maximum Gasteiger partial charge on any atom is 0.250 e. The van der Waals surface area contributed by atoms with Gasteiger partial charge in [-0.25, -0.2) is 18.1 Å². The van der Waals surface area contributed by atoms with E-state index in [2.05, 4.69) is 31.0 Å². The molecular weight excluding hydrogens is 386 g/mol. The first-order valence-electron chi connectivity index (χ1n) is 5.42. The van der Waals surface area contributed by atoms with Gasteiger partial charge in [0.2, 0.25) is 15.9 Å². The van der Waals surface area contributed by atoms with Crippen molar-refractivity contribution in [3.63, 3.8) is 0 Å². The molecule has 0 unspecified atom stereocenters. The molecule has 0 bridgehead atoms. The number of nitrogens with one attached hydrogen (secondary N) is 2. The van der Waals surface area contributed by atoms with Gasteiger partial charge >= 0.3 is 0 Å². The summed E-state index contributed by atoms with van der Waals surface area (Å²) in [4.78, 5) is 15.6. The van der Waals surface area contributed by atoms with Gasteiger partial charge in [0, 0.05) is 13.0 Å². The molecule has 0 aliphatic heterocycles. The van der Waals surface area contributed by atoms with E-state index < -0.39 is 10.0 Å². The van der Waals surface area contributed by atoms with Crippen LogP contribution in [0.3, 0.4) is 0 Å². The second kappa shape index (κ2) is 6.76. The molecule has 108 valence electrons. The van der Waals surface area contributed by atoms with Gasteiger partial charge in [0.1, 0.15) is 4.21 Å². The van der Waals surface area contributed by atoms with Crippen molar-refractivity contribution in [2.45, 2.75) is 10.6 Å². The Morgan fingerprint density at radius 2 is 2.25 bits per heavy atom. The molecule has 2 aromatic rings. The van der Waals surface area contributed by atoms with Crippen molar-refractivity contribution < 1.29 is 13.2 Å². The number of anilines is 1. The first kappa shape index (κ1) is 15.6. The Hall–Kier alpha value is -0.810. The molecule has 10 heteroatoms. The summed E-state index contributed by atoms with van der Waals surface area (Å²) in [7, 11) is -3.51. The lowest BCUT2D eigenvalue weighted by Crippen LogP contribution is -2.27. The number of carbonyl (C=O) groups is 1. The summed E-state index contributed by atoms with van der Waals surface area (Å²) >= 11 is 5.66. The molecule has 20 heavy (non-hydrogen) atoms. The number of hydrogen-bond donors (Lipinski definition) is 2. The van der Waals surface area contributed by atoms with Crippen LogP contribution in [0.25, 0.3) is 0 Å². The summed E-state index contributed by atoms with van der Waals surface area (Å²) in [5.41, 5.74) is 0. The smallest absolute Gasteiger partial charge is 0.250 e. The fourth-order valence-corrected chi connectivity index (χ4v) is 4.47. The Bertz CT molecular complexity index is 682. The van der Waals surface area contributed by atoms with Gasteiger partial charge in [-0.15, -0.1) is 11.3 Å². The normalized spacial score (nSPS) is 11.4. The Labute approximate surface area is 132 Å². The number of hydrogen-bond acceptors (Lipinski definition) is 6. The highest BCUT2D eigenvalue weighted by atomic mass is 79.9. The maximum absolute atomic E-state index is 11.8.